The summed E-state index contributed by atoms with van der Waals surface area (Å²) < 4.78 is 0. The Morgan fingerprint density at radius 2 is 2.13 bits per heavy atom. The summed E-state index contributed by atoms with van der Waals surface area (Å²) in [6.45, 7) is 5.70. The molecule has 0 bridgehead atoms. The summed E-state index contributed by atoms with van der Waals surface area (Å²) in [5.41, 5.74) is 4.37. The van der Waals surface area contributed by atoms with E-state index in [4.69, 9.17) is 0 Å². The highest BCUT2D eigenvalue weighted by atomic mass is 14.9. The van der Waals surface area contributed by atoms with Gasteiger partial charge in [0.15, 0.2) is 0 Å². The van der Waals surface area contributed by atoms with Crippen LogP contribution in [0.5, 0.6) is 0 Å². The zero-order valence-corrected chi connectivity index (χ0v) is 9.84. The van der Waals surface area contributed by atoms with Crippen LogP contribution < -0.4 is 5.32 Å². The predicted octanol–water partition coefficient (Wildman–Crippen LogP) is 3.63. The summed E-state index contributed by atoms with van der Waals surface area (Å²) in [6.07, 6.45) is 5.07. The lowest BCUT2D eigenvalue weighted by Gasteiger charge is -2.11. The van der Waals surface area contributed by atoms with Crippen molar-refractivity contribution in [1.29, 1.82) is 0 Å². The van der Waals surface area contributed by atoms with Crippen LogP contribution in [0.2, 0.25) is 0 Å². The third-order valence-electron chi connectivity index (χ3n) is 3.00. The molecule has 0 spiro atoms. The molecule has 0 amide bonds. The first kappa shape index (κ1) is 10.5. The van der Waals surface area contributed by atoms with Crippen LogP contribution in [0.1, 0.15) is 37.8 Å². The Bertz CT molecular complexity index is 328. The van der Waals surface area contributed by atoms with Crippen LogP contribution in [0.15, 0.2) is 18.2 Å². The minimum atomic E-state index is 0.752. The molecule has 1 aliphatic heterocycles. The van der Waals surface area contributed by atoms with Crippen LogP contribution in [0, 0.1) is 5.92 Å². The number of hydrogen-bond acceptors (Lipinski definition) is 1. The first-order valence-electron chi connectivity index (χ1n) is 6.11. The van der Waals surface area contributed by atoms with Crippen molar-refractivity contribution < 1.29 is 0 Å². The van der Waals surface area contributed by atoms with E-state index in [2.05, 4.69) is 37.4 Å². The molecule has 0 saturated heterocycles. The second-order valence-corrected chi connectivity index (χ2v) is 4.97. The predicted molar refractivity (Wildman–Crippen MR) is 66.4 cm³/mol. The molecule has 0 fully saturated rings. The van der Waals surface area contributed by atoms with Gasteiger partial charge in [-0.1, -0.05) is 26.0 Å². The Hall–Kier alpha value is -0.980. The largest absolute Gasteiger partial charge is 0.385 e. The molecular weight excluding hydrogens is 182 g/mol. The number of anilines is 1. The van der Waals surface area contributed by atoms with Gasteiger partial charge in [-0.05, 0) is 48.8 Å². The zero-order valence-electron chi connectivity index (χ0n) is 9.84. The van der Waals surface area contributed by atoms with E-state index in [9.17, 15) is 0 Å². The maximum Gasteiger partial charge on any atom is 0.0372 e. The number of fused-ring (bicyclic) bond motifs is 1. The molecule has 0 radical (unpaired) electrons. The van der Waals surface area contributed by atoms with E-state index in [1.807, 2.05) is 0 Å². The van der Waals surface area contributed by atoms with Crippen LogP contribution in [-0.4, -0.2) is 6.54 Å². The Kier molecular flexibility index (Phi) is 3.30. The van der Waals surface area contributed by atoms with Crippen molar-refractivity contribution in [3.63, 3.8) is 0 Å². The van der Waals surface area contributed by atoms with Crippen LogP contribution in [0.4, 0.5) is 5.69 Å². The van der Waals surface area contributed by atoms with E-state index in [0.717, 1.165) is 12.5 Å². The molecule has 0 saturated carbocycles. The van der Waals surface area contributed by atoms with Gasteiger partial charge in [0.1, 0.15) is 0 Å². The molecular formula is C14H21N. The van der Waals surface area contributed by atoms with Crippen LogP contribution in [-0.2, 0) is 12.8 Å². The highest BCUT2D eigenvalue weighted by Crippen LogP contribution is 2.23. The van der Waals surface area contributed by atoms with Gasteiger partial charge in [0.25, 0.3) is 0 Å². The standard InChI is InChI=1S/C14H21N/c1-11(2)9-12-6-7-14-13(10-12)5-3-4-8-15-14/h6-7,10-11,15H,3-5,8-9H2,1-2H3. The SMILES string of the molecule is CC(C)Cc1ccc2c(c1)CCCCN2. The number of nitrogens with one attached hydrogen (secondary N) is 1. The number of rotatable bonds is 2. The molecule has 82 valence electrons. The molecule has 1 aromatic carbocycles. The lowest BCUT2D eigenvalue weighted by Crippen LogP contribution is -2.01. The minimum Gasteiger partial charge on any atom is -0.385 e. The normalized spacial score (nSPS) is 15.7. The molecule has 0 unspecified atom stereocenters. The second-order valence-electron chi connectivity index (χ2n) is 4.97. The van der Waals surface area contributed by atoms with Crippen LogP contribution in [0.3, 0.4) is 0 Å². The van der Waals surface area contributed by atoms with Gasteiger partial charge in [0.05, 0.1) is 0 Å². The molecule has 0 aliphatic carbocycles. The third kappa shape index (κ3) is 2.74. The highest BCUT2D eigenvalue weighted by Gasteiger charge is 2.08. The Labute approximate surface area is 92.9 Å². The third-order valence-corrected chi connectivity index (χ3v) is 3.00. The second kappa shape index (κ2) is 4.69. The van der Waals surface area contributed by atoms with E-state index in [-0.39, 0.29) is 0 Å². The topological polar surface area (TPSA) is 12.0 Å². The van der Waals surface area contributed by atoms with Gasteiger partial charge in [-0.25, -0.2) is 0 Å². The first-order valence-corrected chi connectivity index (χ1v) is 6.11. The minimum absolute atomic E-state index is 0.752. The Balaban J connectivity index is 2.20. The molecule has 1 heterocycles. The molecule has 1 N–H and O–H groups in total. The summed E-state index contributed by atoms with van der Waals surface area (Å²) in [4.78, 5) is 0. The molecule has 1 nitrogen and oxygen atoms in total. The number of hydrogen-bond donors (Lipinski definition) is 1. The molecule has 2 rings (SSSR count). The van der Waals surface area contributed by atoms with Crippen molar-refractivity contribution in [3.8, 4) is 0 Å². The first-order chi connectivity index (χ1) is 7.25. The van der Waals surface area contributed by atoms with Crippen LogP contribution in [0.25, 0.3) is 0 Å². The van der Waals surface area contributed by atoms with Crippen molar-refractivity contribution in [3.05, 3.63) is 29.3 Å². The maximum atomic E-state index is 3.51. The lowest BCUT2D eigenvalue weighted by molar-refractivity contribution is 0.646. The molecule has 1 aliphatic rings. The monoisotopic (exact) mass is 203 g/mol. The van der Waals surface area contributed by atoms with Crippen molar-refractivity contribution in [2.45, 2.75) is 39.5 Å². The fourth-order valence-corrected chi connectivity index (χ4v) is 2.29. The summed E-state index contributed by atoms with van der Waals surface area (Å²) in [5, 5.41) is 3.51. The van der Waals surface area contributed by atoms with Crippen molar-refractivity contribution in [2.24, 2.45) is 5.92 Å². The average Bonchev–Trinajstić information content (AvgIpc) is 2.41. The quantitative estimate of drug-likeness (QED) is 0.774. The van der Waals surface area contributed by atoms with Gasteiger partial charge >= 0.3 is 0 Å². The Morgan fingerprint density at radius 3 is 2.93 bits per heavy atom. The fraction of sp³-hybridized carbons (Fsp3) is 0.571. The molecule has 0 atom stereocenters. The zero-order chi connectivity index (χ0) is 10.7. The van der Waals surface area contributed by atoms with Crippen molar-refractivity contribution in [1.82, 2.24) is 0 Å². The maximum absolute atomic E-state index is 3.51. The average molecular weight is 203 g/mol. The van der Waals surface area contributed by atoms with E-state index in [0.29, 0.717) is 0 Å². The van der Waals surface area contributed by atoms with Gasteiger partial charge in [0, 0.05) is 12.2 Å². The fourth-order valence-electron chi connectivity index (χ4n) is 2.29. The number of aryl methyl sites for hydroxylation is 1. The van der Waals surface area contributed by atoms with Gasteiger partial charge in [0.2, 0.25) is 0 Å². The molecule has 15 heavy (non-hydrogen) atoms. The van der Waals surface area contributed by atoms with Gasteiger partial charge < -0.3 is 5.32 Å². The summed E-state index contributed by atoms with van der Waals surface area (Å²) in [6, 6.07) is 6.93. The summed E-state index contributed by atoms with van der Waals surface area (Å²) >= 11 is 0. The highest BCUT2D eigenvalue weighted by molar-refractivity contribution is 5.53. The molecule has 1 heteroatoms. The van der Waals surface area contributed by atoms with Gasteiger partial charge in [-0.2, -0.15) is 0 Å². The van der Waals surface area contributed by atoms with Gasteiger partial charge in [-0.3, -0.25) is 0 Å². The number of benzene rings is 1. The smallest absolute Gasteiger partial charge is 0.0372 e. The van der Waals surface area contributed by atoms with Gasteiger partial charge in [-0.15, -0.1) is 0 Å². The Morgan fingerprint density at radius 1 is 1.27 bits per heavy atom. The van der Waals surface area contributed by atoms with E-state index in [1.165, 1.54) is 42.5 Å². The van der Waals surface area contributed by atoms with Crippen LogP contribution >= 0.6 is 0 Å². The van der Waals surface area contributed by atoms with E-state index < -0.39 is 0 Å². The van der Waals surface area contributed by atoms with Crippen molar-refractivity contribution >= 4 is 5.69 Å². The molecule has 1 aromatic rings. The van der Waals surface area contributed by atoms with E-state index >= 15 is 0 Å². The lowest BCUT2D eigenvalue weighted by atomic mass is 9.98. The van der Waals surface area contributed by atoms with Crippen molar-refractivity contribution in [2.75, 3.05) is 11.9 Å². The summed E-state index contributed by atoms with van der Waals surface area (Å²) in [5.74, 6) is 0.752. The molecule has 0 aromatic heterocycles. The summed E-state index contributed by atoms with van der Waals surface area (Å²) in [7, 11) is 0. The van der Waals surface area contributed by atoms with E-state index in [1.54, 1.807) is 0 Å².